The van der Waals surface area contributed by atoms with Crippen LogP contribution in [0.3, 0.4) is 0 Å². The molecule has 2 rings (SSSR count). The van der Waals surface area contributed by atoms with Crippen LogP contribution < -0.4 is 5.32 Å². The Morgan fingerprint density at radius 1 is 1.32 bits per heavy atom. The van der Waals surface area contributed by atoms with Crippen LogP contribution in [-0.2, 0) is 16.4 Å². The maximum Gasteiger partial charge on any atom is 0.339 e. The number of carbonyl (C=O) groups excluding carboxylic acids is 1. The highest BCUT2D eigenvalue weighted by molar-refractivity contribution is 7.88. The summed E-state index contributed by atoms with van der Waals surface area (Å²) in [6, 6.07) is 2.41. The molecular formula is C15H18N2O6S2. The fourth-order valence-electron chi connectivity index (χ4n) is 2.24. The molecule has 2 aromatic heterocycles. The first-order valence-corrected chi connectivity index (χ1v) is 9.54. The van der Waals surface area contributed by atoms with Gasteiger partial charge in [-0.2, -0.15) is 0 Å². The fourth-order valence-corrected chi connectivity index (χ4v) is 4.17. The summed E-state index contributed by atoms with van der Waals surface area (Å²) in [6.45, 7) is 3.61. The Bertz CT molecular complexity index is 924. The Hall–Kier alpha value is -2.17. The number of aryl methyl sites for hydroxylation is 1. The topological polar surface area (TPSA) is 117 Å². The fraction of sp³-hybridized carbons (Fsp3) is 0.333. The number of nitrogens with one attached hydrogen (secondary N) is 1. The van der Waals surface area contributed by atoms with Crippen LogP contribution in [0.1, 0.15) is 38.3 Å². The SMILES string of the molecule is CCc1c(C)sc(NC(=O)c2ccc(S(=O)(=O)N(C)C)o2)c1C(=O)O. The summed E-state index contributed by atoms with van der Waals surface area (Å²) < 4.78 is 30.1. The van der Waals surface area contributed by atoms with Crippen molar-refractivity contribution in [2.45, 2.75) is 25.4 Å². The molecule has 0 spiro atoms. The van der Waals surface area contributed by atoms with Gasteiger partial charge in [-0.15, -0.1) is 11.3 Å². The maximum atomic E-state index is 12.3. The van der Waals surface area contributed by atoms with E-state index < -0.39 is 21.9 Å². The first-order chi connectivity index (χ1) is 11.6. The molecule has 0 aliphatic heterocycles. The second kappa shape index (κ2) is 6.98. The summed E-state index contributed by atoms with van der Waals surface area (Å²) in [5.74, 6) is -2.07. The number of sulfonamides is 1. The quantitative estimate of drug-likeness (QED) is 0.787. The van der Waals surface area contributed by atoms with Crippen LogP contribution in [0, 0.1) is 6.92 Å². The van der Waals surface area contributed by atoms with Gasteiger partial charge in [-0.25, -0.2) is 17.5 Å². The van der Waals surface area contributed by atoms with Crippen LogP contribution in [0.25, 0.3) is 0 Å². The molecule has 10 heteroatoms. The highest BCUT2D eigenvalue weighted by Gasteiger charge is 2.26. The number of carbonyl (C=O) groups is 2. The predicted molar refractivity (Wildman–Crippen MR) is 92.9 cm³/mol. The van der Waals surface area contributed by atoms with E-state index in [-0.39, 0.29) is 21.4 Å². The molecule has 2 N–H and O–H groups in total. The normalized spacial score (nSPS) is 11.7. The lowest BCUT2D eigenvalue weighted by Crippen LogP contribution is -2.21. The Balaban J connectivity index is 2.33. The van der Waals surface area contributed by atoms with Crippen molar-refractivity contribution in [1.82, 2.24) is 4.31 Å². The minimum absolute atomic E-state index is 0.0473. The van der Waals surface area contributed by atoms with Gasteiger partial charge in [-0.05, 0) is 31.0 Å². The zero-order valence-electron chi connectivity index (χ0n) is 14.1. The molecule has 0 fully saturated rings. The average molecular weight is 386 g/mol. The third-order valence-corrected chi connectivity index (χ3v) is 6.30. The Morgan fingerprint density at radius 2 is 1.96 bits per heavy atom. The van der Waals surface area contributed by atoms with Crippen molar-refractivity contribution >= 4 is 38.2 Å². The van der Waals surface area contributed by atoms with Crippen molar-refractivity contribution in [2.75, 3.05) is 19.4 Å². The predicted octanol–water partition coefficient (Wildman–Crippen LogP) is 2.41. The highest BCUT2D eigenvalue weighted by atomic mass is 32.2. The molecule has 136 valence electrons. The molecule has 0 radical (unpaired) electrons. The van der Waals surface area contributed by atoms with Gasteiger partial charge >= 0.3 is 5.97 Å². The van der Waals surface area contributed by atoms with E-state index in [4.69, 9.17) is 4.42 Å². The molecule has 0 aliphatic rings. The summed E-state index contributed by atoms with van der Waals surface area (Å²) in [4.78, 5) is 24.6. The van der Waals surface area contributed by atoms with Gasteiger partial charge in [-0.3, -0.25) is 4.79 Å². The second-order valence-corrected chi connectivity index (χ2v) is 8.67. The highest BCUT2D eigenvalue weighted by Crippen LogP contribution is 2.34. The Morgan fingerprint density at radius 3 is 2.48 bits per heavy atom. The van der Waals surface area contributed by atoms with Crippen LogP contribution in [0.5, 0.6) is 0 Å². The van der Waals surface area contributed by atoms with Crippen LogP contribution >= 0.6 is 11.3 Å². The van der Waals surface area contributed by atoms with E-state index >= 15 is 0 Å². The van der Waals surface area contributed by atoms with Gasteiger partial charge < -0.3 is 14.8 Å². The molecule has 0 unspecified atom stereocenters. The zero-order valence-corrected chi connectivity index (χ0v) is 15.7. The minimum atomic E-state index is -3.80. The maximum absolute atomic E-state index is 12.3. The third-order valence-electron chi connectivity index (χ3n) is 3.54. The van der Waals surface area contributed by atoms with E-state index in [9.17, 15) is 23.1 Å². The van der Waals surface area contributed by atoms with Crippen LogP contribution in [0.15, 0.2) is 21.6 Å². The molecule has 2 heterocycles. The van der Waals surface area contributed by atoms with Crippen molar-refractivity contribution in [2.24, 2.45) is 0 Å². The number of carboxylic acid groups (broad SMARTS) is 1. The van der Waals surface area contributed by atoms with Crippen LogP contribution in [-0.4, -0.2) is 43.8 Å². The summed E-state index contributed by atoms with van der Waals surface area (Å²) in [5.41, 5.74) is 0.703. The third kappa shape index (κ3) is 3.60. The van der Waals surface area contributed by atoms with Crippen LogP contribution in [0.2, 0.25) is 0 Å². The van der Waals surface area contributed by atoms with Gasteiger partial charge in [0, 0.05) is 19.0 Å². The molecule has 0 aromatic carbocycles. The summed E-state index contributed by atoms with van der Waals surface area (Å²) in [5, 5.41) is 11.7. The Kier molecular flexibility index (Phi) is 5.35. The van der Waals surface area contributed by atoms with E-state index in [1.54, 1.807) is 6.92 Å². The molecule has 0 saturated carbocycles. The summed E-state index contributed by atoms with van der Waals surface area (Å²) in [7, 11) is -1.11. The molecule has 2 aromatic rings. The van der Waals surface area contributed by atoms with E-state index in [0.29, 0.717) is 12.0 Å². The van der Waals surface area contributed by atoms with Crippen molar-refractivity contribution in [3.8, 4) is 0 Å². The van der Waals surface area contributed by atoms with E-state index in [0.717, 1.165) is 20.5 Å². The van der Waals surface area contributed by atoms with E-state index in [1.165, 1.54) is 26.2 Å². The van der Waals surface area contributed by atoms with Gasteiger partial charge in [-0.1, -0.05) is 6.92 Å². The number of amides is 1. The number of rotatable bonds is 6. The zero-order chi connectivity index (χ0) is 18.9. The summed E-state index contributed by atoms with van der Waals surface area (Å²) >= 11 is 1.15. The number of hydrogen-bond acceptors (Lipinski definition) is 6. The number of thiophene rings is 1. The molecule has 25 heavy (non-hydrogen) atoms. The lowest BCUT2D eigenvalue weighted by molar-refractivity contribution is 0.0697. The van der Waals surface area contributed by atoms with Gasteiger partial charge in [0.15, 0.2) is 5.76 Å². The molecular weight excluding hydrogens is 368 g/mol. The van der Waals surface area contributed by atoms with Crippen molar-refractivity contribution in [1.29, 1.82) is 0 Å². The largest absolute Gasteiger partial charge is 0.478 e. The van der Waals surface area contributed by atoms with Crippen molar-refractivity contribution < 1.29 is 27.5 Å². The molecule has 0 saturated heterocycles. The number of furan rings is 1. The number of hydrogen-bond donors (Lipinski definition) is 2. The first-order valence-electron chi connectivity index (χ1n) is 7.28. The van der Waals surface area contributed by atoms with Crippen molar-refractivity contribution in [3.05, 3.63) is 33.9 Å². The van der Waals surface area contributed by atoms with Gasteiger partial charge in [0.05, 0.1) is 5.56 Å². The summed E-state index contributed by atoms with van der Waals surface area (Å²) in [6.07, 6.45) is 0.520. The Labute approximate surface area is 149 Å². The van der Waals surface area contributed by atoms with E-state index in [1.807, 2.05) is 6.92 Å². The lowest BCUT2D eigenvalue weighted by Gasteiger charge is -2.07. The molecule has 8 nitrogen and oxygen atoms in total. The molecule has 1 amide bonds. The minimum Gasteiger partial charge on any atom is -0.478 e. The number of nitrogens with zero attached hydrogens (tertiary/aromatic N) is 1. The van der Waals surface area contributed by atoms with Gasteiger partial charge in [0.2, 0.25) is 5.09 Å². The first kappa shape index (κ1) is 19.2. The number of carboxylic acids is 1. The monoisotopic (exact) mass is 386 g/mol. The molecule has 0 bridgehead atoms. The number of anilines is 1. The smallest absolute Gasteiger partial charge is 0.339 e. The molecule has 0 atom stereocenters. The molecule has 0 aliphatic carbocycles. The second-order valence-electron chi connectivity index (χ2n) is 5.36. The van der Waals surface area contributed by atoms with Gasteiger partial charge in [0.25, 0.3) is 15.9 Å². The van der Waals surface area contributed by atoms with Crippen molar-refractivity contribution in [3.63, 3.8) is 0 Å². The number of aromatic carboxylic acids is 1. The van der Waals surface area contributed by atoms with Gasteiger partial charge in [0.1, 0.15) is 5.00 Å². The van der Waals surface area contributed by atoms with E-state index in [2.05, 4.69) is 5.32 Å². The average Bonchev–Trinajstić information content (AvgIpc) is 3.11. The van der Waals surface area contributed by atoms with Crippen LogP contribution in [0.4, 0.5) is 5.00 Å². The lowest BCUT2D eigenvalue weighted by atomic mass is 10.1. The standard InChI is InChI=1S/C15H18N2O6S2/c1-5-9-8(2)24-14(12(9)15(19)20)16-13(18)10-6-7-11(23-10)25(21,22)17(3)4/h6-7H,5H2,1-4H3,(H,16,18)(H,19,20).